The van der Waals surface area contributed by atoms with Crippen LogP contribution in [0.1, 0.15) is 0 Å². The van der Waals surface area contributed by atoms with Crippen LogP contribution in [0.2, 0.25) is 0 Å². The third-order valence-corrected chi connectivity index (χ3v) is 20.7. The van der Waals surface area contributed by atoms with E-state index in [1.54, 1.807) is 0 Å². The smallest absolute Gasteiger partial charge is 0.164 e. The van der Waals surface area contributed by atoms with Gasteiger partial charge < -0.3 is 22.8 Å². The summed E-state index contributed by atoms with van der Waals surface area (Å²) in [6, 6.07) is 128. The van der Waals surface area contributed by atoms with Crippen molar-refractivity contribution in [1.82, 2.24) is 37.8 Å². The molecule has 0 aliphatic heterocycles. The number of nitrogens with zero attached hydrogens (tertiary/aromatic N) is 8. The zero-order valence-corrected chi connectivity index (χ0v) is 54.6. The first kappa shape index (κ1) is 56.5. The second-order valence-electron chi connectivity index (χ2n) is 26.3. The van der Waals surface area contributed by atoms with E-state index in [0.717, 1.165) is 111 Å². The maximum atomic E-state index is 5.52. The molecule has 0 atom stereocenters. The van der Waals surface area contributed by atoms with Crippen molar-refractivity contribution in [3.8, 4) is 84.9 Å². The van der Waals surface area contributed by atoms with Crippen molar-refractivity contribution in [1.29, 1.82) is 0 Å². The number of hydrogen-bond acceptors (Lipinski definition) is 3. The van der Waals surface area contributed by atoms with Crippen LogP contribution < -0.4 is 0 Å². The summed E-state index contributed by atoms with van der Waals surface area (Å²) in [5.74, 6) is 1.73. The van der Waals surface area contributed by atoms with Crippen molar-refractivity contribution in [2.75, 3.05) is 0 Å². The van der Waals surface area contributed by atoms with Gasteiger partial charge in [0.2, 0.25) is 0 Å². The molecule has 21 aromatic rings. The minimum Gasteiger partial charge on any atom is -0.309 e. The van der Waals surface area contributed by atoms with E-state index in [4.69, 9.17) is 15.0 Å². The number of rotatable bonds is 10. The van der Waals surface area contributed by atoms with Crippen LogP contribution in [0.25, 0.3) is 194 Å². The van der Waals surface area contributed by atoms with E-state index < -0.39 is 0 Å². The molecule has 0 spiro atoms. The fraction of sp³-hybridized carbons (Fsp3) is 0. The molecule has 6 aromatic heterocycles. The molecule has 8 nitrogen and oxygen atoms in total. The number of fused-ring (bicyclic) bond motifs is 15. The molecule has 0 amide bonds. The lowest BCUT2D eigenvalue weighted by Crippen LogP contribution is -2.05. The van der Waals surface area contributed by atoms with Gasteiger partial charge in [-0.3, -0.25) is 0 Å². The first-order valence-electron chi connectivity index (χ1n) is 34.4. The fourth-order valence-corrected chi connectivity index (χ4v) is 16.3. The molecule has 0 saturated heterocycles. The molecule has 0 unspecified atom stereocenters. The average Bonchev–Trinajstić information content (AvgIpc) is 1.58. The Labute approximate surface area is 580 Å². The van der Waals surface area contributed by atoms with E-state index >= 15 is 0 Å². The molecule has 6 heterocycles. The number of para-hydroxylation sites is 8. The predicted octanol–water partition coefficient (Wildman–Crippen LogP) is 23.7. The van der Waals surface area contributed by atoms with E-state index in [1.165, 1.54) is 65.2 Å². The van der Waals surface area contributed by atoms with Crippen LogP contribution >= 0.6 is 0 Å². The number of aromatic nitrogens is 8. The monoisotopic (exact) mass is 1290 g/mol. The Bertz CT molecular complexity index is 6840. The van der Waals surface area contributed by atoms with Crippen LogP contribution in [0.4, 0.5) is 0 Å². The van der Waals surface area contributed by atoms with Crippen LogP contribution in [-0.2, 0) is 0 Å². The first-order valence-corrected chi connectivity index (χ1v) is 34.4. The van der Waals surface area contributed by atoms with Crippen molar-refractivity contribution in [3.63, 3.8) is 0 Å². The van der Waals surface area contributed by atoms with Gasteiger partial charge in [-0.2, -0.15) is 0 Å². The van der Waals surface area contributed by atoms with Crippen LogP contribution in [-0.4, -0.2) is 37.8 Å². The third-order valence-electron chi connectivity index (χ3n) is 20.7. The topological polar surface area (TPSA) is 63.3 Å². The van der Waals surface area contributed by atoms with E-state index in [-0.39, 0.29) is 0 Å². The molecular weight excluding hydrogens is 1230 g/mol. The fourth-order valence-electron chi connectivity index (χ4n) is 16.3. The van der Waals surface area contributed by atoms with Crippen LogP contribution in [0.5, 0.6) is 0 Å². The van der Waals surface area contributed by atoms with E-state index in [9.17, 15) is 0 Å². The first-order chi connectivity index (χ1) is 50.1. The quantitative estimate of drug-likeness (QED) is 0.137. The van der Waals surface area contributed by atoms with Crippen LogP contribution in [0.3, 0.4) is 0 Å². The molecule has 8 heteroatoms. The van der Waals surface area contributed by atoms with Gasteiger partial charge in [-0.25, -0.2) is 15.0 Å². The Morgan fingerprint density at radius 3 is 1.04 bits per heavy atom. The van der Waals surface area contributed by atoms with E-state index in [1.807, 2.05) is 18.2 Å². The predicted molar refractivity (Wildman–Crippen MR) is 419 cm³/mol. The highest BCUT2D eigenvalue weighted by Crippen LogP contribution is 2.46. The van der Waals surface area contributed by atoms with Crippen molar-refractivity contribution < 1.29 is 0 Å². The van der Waals surface area contributed by atoms with Crippen LogP contribution in [0, 0.1) is 0 Å². The number of hydrogen-bond donors (Lipinski definition) is 0. The van der Waals surface area contributed by atoms with Crippen molar-refractivity contribution in [3.05, 3.63) is 352 Å². The van der Waals surface area contributed by atoms with Gasteiger partial charge >= 0.3 is 0 Å². The molecule has 15 aromatic carbocycles. The Balaban J connectivity index is 0.808. The van der Waals surface area contributed by atoms with E-state index in [2.05, 4.69) is 356 Å². The minimum atomic E-state index is 0.563. The molecule has 0 N–H and O–H groups in total. The standard InChI is InChI=1S/C93H58N8/c1-4-24-59(25-5-1)91-94-92(63-26-22-31-67(54-63)99-78-39-16-10-32-69(78)70-33-11-17-40-79(70)99)96-93(95-91)64-49-53-87(89(58-64)101-81-42-19-12-34-71(81)72-35-13-20-43-82(72)101)100-85-51-47-61(60-46-50-84-75(55-60)73-36-14-18-41-80(73)97(84)65-27-6-2-7-28-65)56-76(85)77-57-62(48-52-86(77)100)68-38-23-45-88-90(68)74-37-15-21-44-83(74)98(88)66-29-8-3-9-30-66/h1-58H. The molecule has 21 rings (SSSR count). The third kappa shape index (κ3) is 8.78. The molecule has 0 radical (unpaired) electrons. The Kier molecular flexibility index (Phi) is 12.5. The molecule has 0 aliphatic carbocycles. The minimum absolute atomic E-state index is 0.563. The highest BCUT2D eigenvalue weighted by molar-refractivity contribution is 6.19. The van der Waals surface area contributed by atoms with Gasteiger partial charge in [0.25, 0.3) is 0 Å². The van der Waals surface area contributed by atoms with Crippen molar-refractivity contribution >= 4 is 109 Å². The zero-order chi connectivity index (χ0) is 66.2. The second kappa shape index (κ2) is 22.4. The Morgan fingerprint density at radius 1 is 0.168 bits per heavy atom. The molecule has 0 bridgehead atoms. The summed E-state index contributed by atoms with van der Waals surface area (Å²) in [7, 11) is 0. The average molecular weight is 1290 g/mol. The van der Waals surface area contributed by atoms with Gasteiger partial charge in [0.1, 0.15) is 0 Å². The summed E-state index contributed by atoms with van der Waals surface area (Å²) < 4.78 is 12.1. The highest BCUT2D eigenvalue weighted by Gasteiger charge is 2.25. The van der Waals surface area contributed by atoms with Gasteiger partial charge in [0, 0.05) is 87.6 Å². The lowest BCUT2D eigenvalue weighted by atomic mass is 9.97. The van der Waals surface area contributed by atoms with Crippen molar-refractivity contribution in [2.24, 2.45) is 0 Å². The van der Waals surface area contributed by atoms with Gasteiger partial charge in [0.15, 0.2) is 17.5 Å². The highest BCUT2D eigenvalue weighted by atomic mass is 15.1. The molecule has 0 fully saturated rings. The zero-order valence-electron chi connectivity index (χ0n) is 54.6. The van der Waals surface area contributed by atoms with Gasteiger partial charge in [-0.15, -0.1) is 0 Å². The van der Waals surface area contributed by atoms with E-state index in [0.29, 0.717) is 17.5 Å². The Hall–Kier alpha value is -13.7. The number of benzene rings is 15. The summed E-state index contributed by atoms with van der Waals surface area (Å²) in [4.78, 5) is 16.3. The summed E-state index contributed by atoms with van der Waals surface area (Å²) >= 11 is 0. The SMILES string of the molecule is c1ccc(-c2nc(-c3cccc(-n4c5ccccc5c5ccccc54)c3)nc(-c3ccc(-n4c5ccc(-c6ccc7c(c6)c6ccccc6n7-c6ccccc6)cc5c5cc(-c6cccc7c6c6ccccc6n7-c6ccccc6)ccc54)c(-n4c5ccccc5c5ccccc54)c3)n2)cc1. The molecule has 101 heavy (non-hydrogen) atoms. The van der Waals surface area contributed by atoms with Crippen LogP contribution in [0.15, 0.2) is 352 Å². The lowest BCUT2D eigenvalue weighted by molar-refractivity contribution is 1.06. The molecule has 470 valence electrons. The maximum Gasteiger partial charge on any atom is 0.164 e. The summed E-state index contributed by atoms with van der Waals surface area (Å²) in [6.07, 6.45) is 0. The summed E-state index contributed by atoms with van der Waals surface area (Å²) in [5, 5.41) is 11.9. The Morgan fingerprint density at radius 2 is 0.495 bits per heavy atom. The summed E-state index contributed by atoms with van der Waals surface area (Å²) in [6.45, 7) is 0. The largest absolute Gasteiger partial charge is 0.309 e. The van der Waals surface area contributed by atoms with Gasteiger partial charge in [-0.05, 0) is 156 Å². The second-order valence-corrected chi connectivity index (χ2v) is 26.3. The molecular formula is C93H58N8. The van der Waals surface area contributed by atoms with Gasteiger partial charge in [-0.1, -0.05) is 218 Å². The molecule has 0 saturated carbocycles. The molecule has 0 aliphatic rings. The summed E-state index contributed by atoms with van der Waals surface area (Å²) in [5.41, 5.74) is 23.8. The van der Waals surface area contributed by atoms with Gasteiger partial charge in [0.05, 0.1) is 66.5 Å². The lowest BCUT2D eigenvalue weighted by Gasteiger charge is -2.18. The normalized spacial score (nSPS) is 12.0. The van der Waals surface area contributed by atoms with Crippen molar-refractivity contribution in [2.45, 2.75) is 0 Å². The maximum absolute atomic E-state index is 5.52.